The van der Waals surface area contributed by atoms with Crippen LogP contribution in [-0.2, 0) is 6.54 Å². The van der Waals surface area contributed by atoms with Crippen molar-refractivity contribution in [3.8, 4) is 0 Å². The second-order valence-electron chi connectivity index (χ2n) is 4.67. The number of pyridine rings is 1. The monoisotopic (exact) mass is 217 g/mol. The number of imidazole rings is 1. The van der Waals surface area contributed by atoms with E-state index in [2.05, 4.69) is 34.4 Å². The molecular formula is C13H19N3. The van der Waals surface area contributed by atoms with Gasteiger partial charge in [-0.15, -0.1) is 0 Å². The van der Waals surface area contributed by atoms with Gasteiger partial charge in [-0.05, 0) is 24.5 Å². The van der Waals surface area contributed by atoms with Crippen molar-refractivity contribution >= 4 is 11.2 Å². The van der Waals surface area contributed by atoms with Crippen LogP contribution < -0.4 is 0 Å². The minimum absolute atomic E-state index is 0.807. The Morgan fingerprint density at radius 2 is 2.12 bits per heavy atom. The van der Waals surface area contributed by atoms with Crippen LogP contribution in [0.25, 0.3) is 11.2 Å². The Morgan fingerprint density at radius 1 is 1.25 bits per heavy atom. The molecule has 3 heteroatoms. The van der Waals surface area contributed by atoms with Crippen LogP contribution in [-0.4, -0.2) is 14.5 Å². The maximum atomic E-state index is 4.28. The first-order valence-corrected chi connectivity index (χ1v) is 6.03. The van der Waals surface area contributed by atoms with E-state index in [0.717, 1.165) is 23.6 Å². The molecule has 0 spiro atoms. The number of hydrogen-bond acceptors (Lipinski definition) is 2. The van der Waals surface area contributed by atoms with Gasteiger partial charge in [-0.2, -0.15) is 0 Å². The Hall–Kier alpha value is -1.38. The van der Waals surface area contributed by atoms with Crippen molar-refractivity contribution in [2.45, 2.75) is 39.7 Å². The smallest absolute Gasteiger partial charge is 0.177 e. The molecule has 0 bridgehead atoms. The number of hydrogen-bond donors (Lipinski definition) is 0. The summed E-state index contributed by atoms with van der Waals surface area (Å²) in [5, 5.41) is 0. The van der Waals surface area contributed by atoms with E-state index in [4.69, 9.17) is 0 Å². The van der Waals surface area contributed by atoms with Crippen molar-refractivity contribution in [2.24, 2.45) is 5.92 Å². The molecule has 0 unspecified atom stereocenters. The van der Waals surface area contributed by atoms with Crippen LogP contribution in [0.1, 0.15) is 33.1 Å². The fourth-order valence-corrected chi connectivity index (χ4v) is 1.91. The lowest BCUT2D eigenvalue weighted by atomic mass is 10.1. The summed E-state index contributed by atoms with van der Waals surface area (Å²) in [6, 6.07) is 4.05. The Kier molecular flexibility index (Phi) is 3.54. The van der Waals surface area contributed by atoms with E-state index in [0.29, 0.717) is 0 Å². The second-order valence-corrected chi connectivity index (χ2v) is 4.67. The molecular weight excluding hydrogens is 198 g/mol. The molecule has 0 fully saturated rings. The Bertz CT molecular complexity index is 445. The molecule has 2 aromatic heterocycles. The Labute approximate surface area is 96.5 Å². The highest BCUT2D eigenvalue weighted by Crippen LogP contribution is 2.12. The zero-order chi connectivity index (χ0) is 11.4. The van der Waals surface area contributed by atoms with Gasteiger partial charge in [0.2, 0.25) is 0 Å². The van der Waals surface area contributed by atoms with Crippen LogP contribution in [0.15, 0.2) is 24.7 Å². The van der Waals surface area contributed by atoms with Crippen molar-refractivity contribution in [3.63, 3.8) is 0 Å². The number of fused-ring (bicyclic) bond motifs is 1. The SMILES string of the molecule is CC(C)CCCCn1cnc2ncccc21. The van der Waals surface area contributed by atoms with Crippen LogP contribution in [0.5, 0.6) is 0 Å². The third kappa shape index (κ3) is 2.60. The van der Waals surface area contributed by atoms with Crippen LogP contribution in [0, 0.1) is 5.92 Å². The fourth-order valence-electron chi connectivity index (χ4n) is 1.91. The lowest BCUT2D eigenvalue weighted by molar-refractivity contribution is 0.512. The number of aryl methyl sites for hydroxylation is 1. The van der Waals surface area contributed by atoms with Gasteiger partial charge < -0.3 is 4.57 Å². The topological polar surface area (TPSA) is 30.7 Å². The molecule has 2 heterocycles. The second kappa shape index (κ2) is 5.10. The molecule has 0 saturated heterocycles. The number of nitrogens with zero attached hydrogens (tertiary/aromatic N) is 3. The van der Waals surface area contributed by atoms with E-state index in [9.17, 15) is 0 Å². The van der Waals surface area contributed by atoms with E-state index < -0.39 is 0 Å². The molecule has 0 aliphatic carbocycles. The molecule has 2 rings (SSSR count). The van der Waals surface area contributed by atoms with Crippen LogP contribution in [0.3, 0.4) is 0 Å². The highest BCUT2D eigenvalue weighted by molar-refractivity contribution is 5.70. The zero-order valence-corrected chi connectivity index (χ0v) is 10.1. The third-order valence-corrected chi connectivity index (χ3v) is 2.83. The van der Waals surface area contributed by atoms with Gasteiger partial charge in [-0.3, -0.25) is 0 Å². The van der Waals surface area contributed by atoms with Gasteiger partial charge in [0.1, 0.15) is 0 Å². The molecule has 0 aromatic carbocycles. The summed E-state index contributed by atoms with van der Waals surface area (Å²) in [5.41, 5.74) is 2.00. The van der Waals surface area contributed by atoms with Crippen LogP contribution in [0.4, 0.5) is 0 Å². The average Bonchev–Trinajstić information content (AvgIpc) is 2.68. The Morgan fingerprint density at radius 3 is 2.94 bits per heavy atom. The van der Waals surface area contributed by atoms with Crippen molar-refractivity contribution < 1.29 is 0 Å². The van der Waals surface area contributed by atoms with Gasteiger partial charge in [0.15, 0.2) is 5.65 Å². The summed E-state index contributed by atoms with van der Waals surface area (Å²) in [6.07, 6.45) is 7.51. The summed E-state index contributed by atoms with van der Waals surface area (Å²) < 4.78 is 2.20. The Balaban J connectivity index is 1.94. The van der Waals surface area contributed by atoms with Gasteiger partial charge in [0.05, 0.1) is 11.8 Å². The molecule has 0 saturated carbocycles. The maximum absolute atomic E-state index is 4.28. The van der Waals surface area contributed by atoms with E-state index in [1.54, 1.807) is 6.20 Å². The lowest BCUT2D eigenvalue weighted by Gasteiger charge is -2.05. The van der Waals surface area contributed by atoms with E-state index in [-0.39, 0.29) is 0 Å². The molecule has 0 atom stereocenters. The van der Waals surface area contributed by atoms with Crippen LogP contribution in [0.2, 0.25) is 0 Å². The predicted molar refractivity (Wildman–Crippen MR) is 66.2 cm³/mol. The van der Waals surface area contributed by atoms with Crippen molar-refractivity contribution in [1.82, 2.24) is 14.5 Å². The van der Waals surface area contributed by atoms with Crippen molar-refractivity contribution in [1.29, 1.82) is 0 Å². The maximum Gasteiger partial charge on any atom is 0.177 e. The lowest BCUT2D eigenvalue weighted by Crippen LogP contribution is -1.97. The average molecular weight is 217 g/mol. The number of aromatic nitrogens is 3. The largest absolute Gasteiger partial charge is 0.329 e. The zero-order valence-electron chi connectivity index (χ0n) is 10.1. The molecule has 0 radical (unpaired) electrons. The molecule has 0 N–H and O–H groups in total. The number of rotatable bonds is 5. The van der Waals surface area contributed by atoms with Gasteiger partial charge >= 0.3 is 0 Å². The fraction of sp³-hybridized carbons (Fsp3) is 0.538. The normalized spacial score (nSPS) is 11.4. The van der Waals surface area contributed by atoms with E-state index >= 15 is 0 Å². The van der Waals surface area contributed by atoms with Gasteiger partial charge in [0.25, 0.3) is 0 Å². The van der Waals surface area contributed by atoms with E-state index in [1.807, 2.05) is 12.4 Å². The first kappa shape index (κ1) is 11.1. The quantitative estimate of drug-likeness (QED) is 0.720. The van der Waals surface area contributed by atoms with Crippen molar-refractivity contribution in [2.75, 3.05) is 0 Å². The summed E-state index contributed by atoms with van der Waals surface area (Å²) in [6.45, 7) is 5.60. The third-order valence-electron chi connectivity index (χ3n) is 2.83. The van der Waals surface area contributed by atoms with Gasteiger partial charge in [0, 0.05) is 12.7 Å². The van der Waals surface area contributed by atoms with E-state index in [1.165, 1.54) is 19.3 Å². The van der Waals surface area contributed by atoms with Crippen molar-refractivity contribution in [3.05, 3.63) is 24.7 Å². The number of unbranched alkanes of at least 4 members (excludes halogenated alkanes) is 1. The molecule has 2 aromatic rings. The molecule has 16 heavy (non-hydrogen) atoms. The van der Waals surface area contributed by atoms with Crippen LogP contribution >= 0.6 is 0 Å². The summed E-state index contributed by atoms with van der Waals surface area (Å²) in [4.78, 5) is 8.51. The molecule has 0 aliphatic rings. The summed E-state index contributed by atoms with van der Waals surface area (Å²) in [5.74, 6) is 0.807. The molecule has 0 amide bonds. The highest BCUT2D eigenvalue weighted by Gasteiger charge is 2.02. The van der Waals surface area contributed by atoms with Gasteiger partial charge in [-0.25, -0.2) is 9.97 Å². The summed E-state index contributed by atoms with van der Waals surface area (Å²) in [7, 11) is 0. The predicted octanol–water partition coefficient (Wildman–Crippen LogP) is 3.26. The molecule has 0 aliphatic heterocycles. The molecule has 3 nitrogen and oxygen atoms in total. The van der Waals surface area contributed by atoms with Gasteiger partial charge in [-0.1, -0.05) is 26.7 Å². The molecule has 86 valence electrons. The minimum atomic E-state index is 0.807. The first-order chi connectivity index (χ1) is 7.77. The first-order valence-electron chi connectivity index (χ1n) is 6.03. The minimum Gasteiger partial charge on any atom is -0.329 e. The summed E-state index contributed by atoms with van der Waals surface area (Å²) >= 11 is 0. The highest BCUT2D eigenvalue weighted by atomic mass is 15.1. The standard InChI is InChI=1S/C13H19N3/c1-11(2)6-3-4-9-16-10-15-13-12(16)7-5-8-14-13/h5,7-8,10-11H,3-4,6,9H2,1-2H3.